The van der Waals surface area contributed by atoms with Crippen molar-refractivity contribution in [2.24, 2.45) is 0 Å². The van der Waals surface area contributed by atoms with Gasteiger partial charge in [-0.05, 0) is 44.9 Å². The average Bonchev–Trinajstić information content (AvgIpc) is 2.36. The minimum absolute atomic E-state index is 0.188. The minimum atomic E-state index is 0.188. The molecule has 0 amide bonds. The summed E-state index contributed by atoms with van der Waals surface area (Å²) in [5, 5.41) is 4.93. The number of hydrogen-bond acceptors (Lipinski definition) is 2. The molecule has 102 valence electrons. The van der Waals surface area contributed by atoms with Crippen molar-refractivity contribution in [1.29, 1.82) is 0 Å². The molecule has 2 rings (SSSR count). The van der Waals surface area contributed by atoms with Crippen molar-refractivity contribution in [2.45, 2.75) is 52.6 Å². The maximum atomic E-state index is 4.59. The highest BCUT2D eigenvalue weighted by molar-refractivity contribution is 5.82. The van der Waals surface area contributed by atoms with Crippen LogP contribution in [0.15, 0.2) is 30.3 Å². The van der Waals surface area contributed by atoms with Crippen LogP contribution in [0.1, 0.15) is 44.9 Å². The molecule has 2 aromatic rings. The largest absolute Gasteiger partial charge is 0.308 e. The number of para-hydroxylation sites is 1. The van der Waals surface area contributed by atoms with Crippen LogP contribution < -0.4 is 5.32 Å². The molecular weight excluding hydrogens is 232 g/mol. The number of pyridine rings is 1. The van der Waals surface area contributed by atoms with Gasteiger partial charge < -0.3 is 5.32 Å². The summed E-state index contributed by atoms with van der Waals surface area (Å²) in [5.41, 5.74) is 3.70. The van der Waals surface area contributed by atoms with Gasteiger partial charge in [0.15, 0.2) is 0 Å². The quantitative estimate of drug-likeness (QED) is 0.866. The predicted octanol–water partition coefficient (Wildman–Crippen LogP) is 4.21. The van der Waals surface area contributed by atoms with Crippen LogP contribution in [0.4, 0.5) is 0 Å². The first kappa shape index (κ1) is 14.0. The molecule has 0 fully saturated rings. The summed E-state index contributed by atoms with van der Waals surface area (Å²) in [7, 11) is 0. The summed E-state index contributed by atoms with van der Waals surface area (Å²) in [5.74, 6) is 0. The van der Waals surface area contributed by atoms with E-state index in [9.17, 15) is 0 Å². The van der Waals surface area contributed by atoms with Crippen LogP contribution in [0.3, 0.4) is 0 Å². The second-order valence-electron chi connectivity index (χ2n) is 5.93. The Morgan fingerprint density at radius 2 is 1.95 bits per heavy atom. The number of aromatic nitrogens is 1. The van der Waals surface area contributed by atoms with Crippen molar-refractivity contribution < 1.29 is 0 Å². The van der Waals surface area contributed by atoms with E-state index in [4.69, 9.17) is 0 Å². The molecule has 1 aromatic heterocycles. The lowest BCUT2D eigenvalue weighted by molar-refractivity contribution is 0.357. The van der Waals surface area contributed by atoms with Gasteiger partial charge in [0.25, 0.3) is 0 Å². The van der Waals surface area contributed by atoms with Gasteiger partial charge in [0.2, 0.25) is 0 Å². The van der Waals surface area contributed by atoms with E-state index in [2.05, 4.69) is 62.3 Å². The Bertz CT molecular complexity index is 558. The fourth-order valence-corrected chi connectivity index (χ4v) is 2.59. The lowest BCUT2D eigenvalue weighted by Crippen LogP contribution is -2.38. The van der Waals surface area contributed by atoms with Crippen LogP contribution in [-0.2, 0) is 6.54 Å². The van der Waals surface area contributed by atoms with Crippen molar-refractivity contribution >= 4 is 10.9 Å². The maximum Gasteiger partial charge on any atom is 0.0708 e. The molecule has 0 unspecified atom stereocenters. The number of benzene rings is 1. The van der Waals surface area contributed by atoms with E-state index in [1.54, 1.807) is 0 Å². The molecule has 0 atom stereocenters. The molecule has 0 bridgehead atoms. The molecule has 0 spiro atoms. The molecule has 1 heterocycles. The van der Waals surface area contributed by atoms with E-state index in [-0.39, 0.29) is 5.54 Å². The van der Waals surface area contributed by atoms with Gasteiger partial charge in [-0.3, -0.25) is 4.98 Å². The third-order valence-corrected chi connectivity index (χ3v) is 3.56. The number of nitrogens with one attached hydrogen (secondary N) is 1. The van der Waals surface area contributed by atoms with Gasteiger partial charge in [0, 0.05) is 23.2 Å². The van der Waals surface area contributed by atoms with E-state index in [1.807, 2.05) is 6.07 Å². The third-order valence-electron chi connectivity index (χ3n) is 3.56. The second-order valence-corrected chi connectivity index (χ2v) is 5.93. The van der Waals surface area contributed by atoms with E-state index < -0.39 is 0 Å². The minimum Gasteiger partial charge on any atom is -0.308 e. The molecule has 0 radical (unpaired) electrons. The zero-order valence-electron chi connectivity index (χ0n) is 12.5. The van der Waals surface area contributed by atoms with Crippen molar-refractivity contribution in [1.82, 2.24) is 10.3 Å². The van der Waals surface area contributed by atoms with Crippen LogP contribution in [0.2, 0.25) is 0 Å². The van der Waals surface area contributed by atoms with Gasteiger partial charge in [0.05, 0.1) is 5.52 Å². The van der Waals surface area contributed by atoms with Gasteiger partial charge in [-0.1, -0.05) is 31.5 Å². The number of hydrogen-bond donors (Lipinski definition) is 1. The summed E-state index contributed by atoms with van der Waals surface area (Å²) in [6.07, 6.45) is 2.39. The van der Waals surface area contributed by atoms with Crippen LogP contribution in [0.25, 0.3) is 10.9 Å². The van der Waals surface area contributed by atoms with Crippen molar-refractivity contribution in [3.05, 3.63) is 41.6 Å². The molecule has 0 aliphatic carbocycles. The summed E-state index contributed by atoms with van der Waals surface area (Å²) < 4.78 is 0. The molecule has 2 nitrogen and oxygen atoms in total. The Hall–Kier alpha value is -1.41. The van der Waals surface area contributed by atoms with E-state index in [0.29, 0.717) is 0 Å². The fraction of sp³-hybridized carbons (Fsp3) is 0.471. The Labute approximate surface area is 116 Å². The van der Waals surface area contributed by atoms with E-state index in [1.165, 1.54) is 23.8 Å². The predicted molar refractivity (Wildman–Crippen MR) is 82.3 cm³/mol. The van der Waals surface area contributed by atoms with Gasteiger partial charge in [-0.25, -0.2) is 0 Å². The van der Waals surface area contributed by atoms with Gasteiger partial charge in [-0.15, -0.1) is 0 Å². The van der Waals surface area contributed by atoms with Crippen LogP contribution in [0, 0.1) is 6.92 Å². The molecule has 19 heavy (non-hydrogen) atoms. The Kier molecular flexibility index (Phi) is 4.20. The first-order valence-corrected chi connectivity index (χ1v) is 7.12. The Morgan fingerprint density at radius 1 is 1.21 bits per heavy atom. The van der Waals surface area contributed by atoms with Crippen LogP contribution >= 0.6 is 0 Å². The SMILES string of the molecule is CCCC(C)(C)NCc1cc(C)nc2ccccc12. The van der Waals surface area contributed by atoms with Gasteiger partial charge in [0.1, 0.15) is 0 Å². The van der Waals surface area contributed by atoms with Crippen LogP contribution in [-0.4, -0.2) is 10.5 Å². The zero-order chi connectivity index (χ0) is 13.9. The zero-order valence-corrected chi connectivity index (χ0v) is 12.5. The van der Waals surface area contributed by atoms with Crippen molar-refractivity contribution in [3.63, 3.8) is 0 Å². The topological polar surface area (TPSA) is 24.9 Å². The molecule has 2 heteroatoms. The summed E-state index contributed by atoms with van der Waals surface area (Å²) >= 11 is 0. The fourth-order valence-electron chi connectivity index (χ4n) is 2.59. The Morgan fingerprint density at radius 3 is 2.68 bits per heavy atom. The number of rotatable bonds is 5. The van der Waals surface area contributed by atoms with Gasteiger partial charge in [-0.2, -0.15) is 0 Å². The lowest BCUT2D eigenvalue weighted by atomic mass is 9.98. The van der Waals surface area contributed by atoms with Gasteiger partial charge >= 0.3 is 0 Å². The summed E-state index contributed by atoms with van der Waals surface area (Å²) in [6.45, 7) is 9.74. The molecule has 0 aliphatic heterocycles. The summed E-state index contributed by atoms with van der Waals surface area (Å²) in [4.78, 5) is 4.59. The highest BCUT2D eigenvalue weighted by atomic mass is 14.9. The first-order chi connectivity index (χ1) is 9.02. The number of aryl methyl sites for hydroxylation is 1. The molecule has 0 saturated carbocycles. The number of nitrogens with zero attached hydrogens (tertiary/aromatic N) is 1. The molecule has 0 saturated heterocycles. The van der Waals surface area contributed by atoms with Crippen molar-refractivity contribution in [3.8, 4) is 0 Å². The normalized spacial score (nSPS) is 12.0. The average molecular weight is 256 g/mol. The number of fused-ring (bicyclic) bond motifs is 1. The lowest BCUT2D eigenvalue weighted by Gasteiger charge is -2.26. The standard InChI is InChI=1S/C17H24N2/c1-5-10-17(3,4)18-12-14-11-13(2)19-16-9-7-6-8-15(14)16/h6-9,11,18H,5,10,12H2,1-4H3. The van der Waals surface area contributed by atoms with Crippen LogP contribution in [0.5, 0.6) is 0 Å². The highest BCUT2D eigenvalue weighted by Crippen LogP contribution is 2.19. The molecule has 1 aromatic carbocycles. The first-order valence-electron chi connectivity index (χ1n) is 7.12. The maximum absolute atomic E-state index is 4.59. The highest BCUT2D eigenvalue weighted by Gasteiger charge is 2.15. The smallest absolute Gasteiger partial charge is 0.0708 e. The molecule has 1 N–H and O–H groups in total. The Balaban J connectivity index is 2.25. The summed E-state index contributed by atoms with van der Waals surface area (Å²) in [6, 6.07) is 10.6. The monoisotopic (exact) mass is 256 g/mol. The third kappa shape index (κ3) is 3.54. The van der Waals surface area contributed by atoms with Crippen molar-refractivity contribution in [2.75, 3.05) is 0 Å². The second kappa shape index (κ2) is 5.70. The molecule has 0 aliphatic rings. The van der Waals surface area contributed by atoms with E-state index >= 15 is 0 Å². The van der Waals surface area contributed by atoms with E-state index in [0.717, 1.165) is 17.8 Å². The molecular formula is C17H24N2.